The quantitative estimate of drug-likeness (QED) is 0.372. The van der Waals surface area contributed by atoms with Crippen molar-refractivity contribution < 1.29 is 19.0 Å². The number of nitrogens with zero attached hydrogens (tertiary/aromatic N) is 1. The van der Waals surface area contributed by atoms with E-state index in [0.717, 1.165) is 6.07 Å². The van der Waals surface area contributed by atoms with E-state index in [1.54, 1.807) is 40.9 Å². The smallest absolute Gasteiger partial charge is 0.335 e. The normalized spacial score (nSPS) is 10.6. The summed E-state index contributed by atoms with van der Waals surface area (Å²) in [4.78, 5) is 11.1. The van der Waals surface area contributed by atoms with Crippen molar-refractivity contribution in [2.75, 3.05) is 0 Å². The summed E-state index contributed by atoms with van der Waals surface area (Å²) >= 11 is 12.4. The Morgan fingerprint density at radius 3 is 2.34 bits per heavy atom. The molecule has 2 heterocycles. The first-order valence-electron chi connectivity index (χ1n) is 8.21. The topological polar surface area (TPSA) is 50.9 Å². The number of para-hydroxylation sites is 1. The summed E-state index contributed by atoms with van der Waals surface area (Å²) < 4.78 is 22.3. The van der Waals surface area contributed by atoms with Crippen LogP contribution >= 0.6 is 23.2 Å². The van der Waals surface area contributed by atoms with E-state index in [1.807, 2.05) is 12.1 Å². The molecule has 148 valence electrons. The predicted molar refractivity (Wildman–Crippen MR) is 113 cm³/mol. The molecule has 0 amide bonds. The molecule has 29 heavy (non-hydrogen) atoms. The van der Waals surface area contributed by atoms with Crippen LogP contribution in [0, 0.1) is 5.82 Å². The van der Waals surface area contributed by atoms with Crippen LogP contribution < -0.4 is 4.74 Å². The molecule has 0 spiro atoms. The van der Waals surface area contributed by atoms with Crippen LogP contribution in [0.25, 0.3) is 16.6 Å². The summed E-state index contributed by atoms with van der Waals surface area (Å²) in [5.74, 6) is -1.15. The average molecular weight is 432 g/mol. The maximum Gasteiger partial charge on any atom is 0.335 e. The monoisotopic (exact) mass is 431 g/mol. The Morgan fingerprint density at radius 1 is 0.966 bits per heavy atom. The van der Waals surface area contributed by atoms with Gasteiger partial charge in [0.2, 0.25) is 5.88 Å². The third-order valence-corrected chi connectivity index (χ3v) is 4.87. The predicted octanol–water partition coefficient (Wildman–Crippen LogP) is 7.18. The fraction of sp³-hybridized carbons (Fsp3) is 0.0455. The molecule has 0 unspecified atom stereocenters. The molecule has 4 nitrogen and oxygen atoms in total. The van der Waals surface area contributed by atoms with E-state index < -0.39 is 11.8 Å². The van der Waals surface area contributed by atoms with Crippen molar-refractivity contribution in [1.29, 1.82) is 0 Å². The van der Waals surface area contributed by atoms with Gasteiger partial charge in [0, 0.05) is 23.4 Å². The Balaban J connectivity index is 0.00000240. The molecule has 0 radical (unpaired) electrons. The van der Waals surface area contributed by atoms with Crippen LogP contribution in [0.15, 0.2) is 66.9 Å². The number of aromatic nitrogens is 1. The third kappa shape index (κ3) is 3.79. The number of aromatic carboxylic acids is 1. The number of rotatable bonds is 4. The SMILES string of the molecule is C.O=C(O)c1ccc(-c2cc(Oc3c(Cl)cccc3Cl)n3ccccc23)c(F)c1. The van der Waals surface area contributed by atoms with Crippen molar-refractivity contribution in [3.63, 3.8) is 0 Å². The summed E-state index contributed by atoms with van der Waals surface area (Å²) in [6.45, 7) is 0. The van der Waals surface area contributed by atoms with E-state index >= 15 is 0 Å². The van der Waals surface area contributed by atoms with Gasteiger partial charge in [-0.2, -0.15) is 0 Å². The number of pyridine rings is 1. The van der Waals surface area contributed by atoms with Crippen molar-refractivity contribution in [2.24, 2.45) is 0 Å². The van der Waals surface area contributed by atoms with Crippen LogP contribution in [0.5, 0.6) is 11.6 Å². The number of halogens is 3. The summed E-state index contributed by atoms with van der Waals surface area (Å²) in [7, 11) is 0. The summed E-state index contributed by atoms with van der Waals surface area (Å²) in [5, 5.41) is 9.74. The second-order valence-corrected chi connectivity index (χ2v) is 6.82. The van der Waals surface area contributed by atoms with Crippen LogP contribution in [0.2, 0.25) is 10.0 Å². The van der Waals surface area contributed by atoms with E-state index in [1.165, 1.54) is 12.1 Å². The number of benzene rings is 2. The van der Waals surface area contributed by atoms with Gasteiger partial charge < -0.3 is 9.84 Å². The minimum absolute atomic E-state index is 0. The molecule has 0 fully saturated rings. The molecule has 4 rings (SSSR count). The number of carbonyl (C=O) groups is 1. The van der Waals surface area contributed by atoms with Crippen LogP contribution in [0.1, 0.15) is 17.8 Å². The third-order valence-electron chi connectivity index (χ3n) is 4.27. The van der Waals surface area contributed by atoms with E-state index in [-0.39, 0.29) is 18.6 Å². The van der Waals surface area contributed by atoms with Gasteiger partial charge >= 0.3 is 5.97 Å². The lowest BCUT2D eigenvalue weighted by molar-refractivity contribution is 0.0696. The van der Waals surface area contributed by atoms with Crippen molar-refractivity contribution in [1.82, 2.24) is 4.40 Å². The van der Waals surface area contributed by atoms with Crippen LogP contribution in [0.3, 0.4) is 0 Å². The van der Waals surface area contributed by atoms with Gasteiger partial charge in [-0.3, -0.25) is 4.40 Å². The molecule has 0 aliphatic rings. The summed E-state index contributed by atoms with van der Waals surface area (Å²) in [6.07, 6.45) is 1.77. The molecule has 2 aromatic heterocycles. The summed E-state index contributed by atoms with van der Waals surface area (Å²) in [6, 6.07) is 15.9. The van der Waals surface area contributed by atoms with Crippen LogP contribution in [-0.4, -0.2) is 15.5 Å². The molecule has 0 saturated carbocycles. The maximum atomic E-state index is 14.6. The molecular weight excluding hydrogens is 416 g/mol. The number of ether oxygens (including phenoxy) is 1. The van der Waals surface area contributed by atoms with E-state index in [9.17, 15) is 9.18 Å². The van der Waals surface area contributed by atoms with Gasteiger partial charge in [0.1, 0.15) is 5.82 Å². The van der Waals surface area contributed by atoms with Crippen LogP contribution in [-0.2, 0) is 0 Å². The molecule has 2 aromatic carbocycles. The lowest BCUT2D eigenvalue weighted by Gasteiger charge is -2.09. The minimum atomic E-state index is -1.19. The van der Waals surface area contributed by atoms with Gasteiger partial charge in [-0.15, -0.1) is 0 Å². The van der Waals surface area contributed by atoms with Crippen molar-refractivity contribution >= 4 is 34.7 Å². The average Bonchev–Trinajstić information content (AvgIpc) is 3.03. The number of fused-ring (bicyclic) bond motifs is 1. The van der Waals surface area contributed by atoms with E-state index in [0.29, 0.717) is 32.8 Å². The van der Waals surface area contributed by atoms with E-state index in [2.05, 4.69) is 0 Å². The van der Waals surface area contributed by atoms with E-state index in [4.69, 9.17) is 33.0 Å². The van der Waals surface area contributed by atoms with Crippen molar-refractivity contribution in [3.8, 4) is 22.8 Å². The highest BCUT2D eigenvalue weighted by Crippen LogP contribution is 2.39. The number of hydrogen-bond acceptors (Lipinski definition) is 2. The molecular formula is C22H16Cl2FNO3. The lowest BCUT2D eigenvalue weighted by atomic mass is 10.0. The van der Waals surface area contributed by atoms with Gasteiger partial charge in [-0.1, -0.05) is 48.8 Å². The second kappa shape index (κ2) is 8.15. The molecule has 7 heteroatoms. The fourth-order valence-corrected chi connectivity index (χ4v) is 3.44. The highest BCUT2D eigenvalue weighted by molar-refractivity contribution is 6.37. The first kappa shape index (κ1) is 20.7. The second-order valence-electron chi connectivity index (χ2n) is 6.00. The molecule has 0 saturated heterocycles. The Labute approximate surface area is 176 Å². The zero-order valence-electron chi connectivity index (χ0n) is 14.2. The first-order valence-corrected chi connectivity index (χ1v) is 8.96. The summed E-state index contributed by atoms with van der Waals surface area (Å²) in [5.41, 5.74) is 1.37. The lowest BCUT2D eigenvalue weighted by Crippen LogP contribution is -1.97. The Hall–Kier alpha value is -3.02. The number of carboxylic acids is 1. The molecule has 0 atom stereocenters. The fourth-order valence-electron chi connectivity index (χ4n) is 2.97. The van der Waals surface area contributed by atoms with Crippen molar-refractivity contribution in [2.45, 2.75) is 7.43 Å². The zero-order chi connectivity index (χ0) is 19.8. The zero-order valence-corrected chi connectivity index (χ0v) is 15.7. The van der Waals surface area contributed by atoms with Gasteiger partial charge in [-0.05, 0) is 36.4 Å². The molecule has 0 aliphatic heterocycles. The van der Waals surface area contributed by atoms with Gasteiger partial charge in [0.15, 0.2) is 5.75 Å². The Morgan fingerprint density at radius 2 is 1.69 bits per heavy atom. The molecule has 0 bridgehead atoms. The standard InChI is InChI=1S/C21H12Cl2FNO3.CH4/c22-15-4-3-5-16(23)20(15)28-19-11-14(18-6-1-2-9-25(18)19)13-8-7-12(21(26)27)10-17(13)24;/h1-11H,(H,26,27);1H4. The largest absolute Gasteiger partial charge is 0.478 e. The molecule has 1 N–H and O–H groups in total. The van der Waals surface area contributed by atoms with Gasteiger partial charge in [-0.25, -0.2) is 9.18 Å². The van der Waals surface area contributed by atoms with Gasteiger partial charge in [0.25, 0.3) is 0 Å². The minimum Gasteiger partial charge on any atom is -0.478 e. The number of hydrogen-bond donors (Lipinski definition) is 1. The molecule has 4 aromatic rings. The molecule has 0 aliphatic carbocycles. The maximum absolute atomic E-state index is 14.6. The Bertz CT molecular complexity index is 1200. The Kier molecular flexibility index (Phi) is 5.82. The first-order chi connectivity index (χ1) is 13.5. The van der Waals surface area contributed by atoms with Gasteiger partial charge in [0.05, 0.1) is 21.1 Å². The highest BCUT2D eigenvalue weighted by Gasteiger charge is 2.18. The number of carboxylic acid groups (broad SMARTS) is 1. The van der Waals surface area contributed by atoms with Crippen LogP contribution in [0.4, 0.5) is 4.39 Å². The van der Waals surface area contributed by atoms with Crippen molar-refractivity contribution in [3.05, 3.63) is 88.3 Å². The highest BCUT2D eigenvalue weighted by atomic mass is 35.5.